The SMILES string of the molecule is NC(=S)c1c(Br)cccc1N1CCN(CC(F)(F)F)CC1. The number of nitrogens with zero attached hydrogens (tertiary/aromatic N) is 2. The fourth-order valence-corrected chi connectivity index (χ4v) is 3.34. The fourth-order valence-electron chi connectivity index (χ4n) is 2.42. The molecule has 0 radical (unpaired) electrons. The molecule has 0 unspecified atom stereocenters. The molecule has 1 fully saturated rings. The Hall–Kier alpha value is -0.860. The standard InChI is InChI=1S/C13H15BrF3N3S/c14-9-2-1-3-10(11(9)12(18)21)20-6-4-19(5-7-20)8-13(15,16)17/h1-3H,4-8H2,(H2,18,21). The quantitative estimate of drug-likeness (QED) is 0.816. The first-order chi connectivity index (χ1) is 9.78. The molecule has 3 nitrogen and oxygen atoms in total. The molecular formula is C13H15BrF3N3S. The zero-order valence-corrected chi connectivity index (χ0v) is 13.6. The van der Waals surface area contributed by atoms with Crippen LogP contribution in [0, 0.1) is 0 Å². The van der Waals surface area contributed by atoms with Crippen molar-refractivity contribution in [3.05, 3.63) is 28.2 Å². The molecule has 0 spiro atoms. The average molecular weight is 382 g/mol. The highest BCUT2D eigenvalue weighted by Crippen LogP contribution is 2.29. The maximum atomic E-state index is 12.4. The minimum Gasteiger partial charge on any atom is -0.389 e. The van der Waals surface area contributed by atoms with Crippen molar-refractivity contribution < 1.29 is 13.2 Å². The van der Waals surface area contributed by atoms with Crippen LogP contribution in [0.4, 0.5) is 18.9 Å². The van der Waals surface area contributed by atoms with Gasteiger partial charge in [-0.3, -0.25) is 4.90 Å². The van der Waals surface area contributed by atoms with Crippen LogP contribution in [0.3, 0.4) is 0 Å². The molecule has 1 aliphatic heterocycles. The Morgan fingerprint density at radius 1 is 1.24 bits per heavy atom. The molecule has 0 aromatic heterocycles. The lowest BCUT2D eigenvalue weighted by molar-refractivity contribution is -0.146. The lowest BCUT2D eigenvalue weighted by Crippen LogP contribution is -2.49. The summed E-state index contributed by atoms with van der Waals surface area (Å²) in [4.78, 5) is 3.70. The van der Waals surface area contributed by atoms with Gasteiger partial charge in [-0.2, -0.15) is 13.2 Å². The lowest BCUT2D eigenvalue weighted by atomic mass is 10.1. The van der Waals surface area contributed by atoms with Gasteiger partial charge in [0.05, 0.1) is 6.54 Å². The van der Waals surface area contributed by atoms with Gasteiger partial charge in [0, 0.05) is 41.9 Å². The van der Waals surface area contributed by atoms with E-state index < -0.39 is 12.7 Å². The Morgan fingerprint density at radius 2 is 1.86 bits per heavy atom. The van der Waals surface area contributed by atoms with Gasteiger partial charge in [-0.05, 0) is 28.1 Å². The molecule has 0 saturated carbocycles. The van der Waals surface area contributed by atoms with E-state index in [-0.39, 0.29) is 4.99 Å². The molecule has 2 rings (SSSR count). The highest BCUT2D eigenvalue weighted by Gasteiger charge is 2.32. The number of alkyl halides is 3. The van der Waals surface area contributed by atoms with Crippen molar-refractivity contribution in [2.75, 3.05) is 37.6 Å². The van der Waals surface area contributed by atoms with Crippen molar-refractivity contribution in [1.29, 1.82) is 0 Å². The summed E-state index contributed by atoms with van der Waals surface area (Å²) in [6.45, 7) is 0.900. The number of rotatable bonds is 3. The largest absolute Gasteiger partial charge is 0.401 e. The normalized spacial score (nSPS) is 17.0. The summed E-state index contributed by atoms with van der Waals surface area (Å²) < 4.78 is 38.0. The minimum atomic E-state index is -4.15. The first kappa shape index (κ1) is 16.5. The Labute approximate surface area is 135 Å². The monoisotopic (exact) mass is 381 g/mol. The van der Waals surface area contributed by atoms with Crippen LogP contribution >= 0.6 is 28.1 Å². The van der Waals surface area contributed by atoms with E-state index in [9.17, 15) is 13.2 Å². The van der Waals surface area contributed by atoms with E-state index in [1.54, 1.807) is 0 Å². The Bertz CT molecular complexity index is 528. The highest BCUT2D eigenvalue weighted by molar-refractivity contribution is 9.10. The van der Waals surface area contributed by atoms with E-state index in [0.717, 1.165) is 15.7 Å². The van der Waals surface area contributed by atoms with Crippen molar-refractivity contribution >= 4 is 38.8 Å². The Kier molecular flexibility index (Phi) is 5.11. The number of piperazine rings is 1. The summed E-state index contributed by atoms with van der Waals surface area (Å²) in [5, 5.41) is 0. The van der Waals surface area contributed by atoms with Crippen LogP contribution in [0.1, 0.15) is 5.56 Å². The third kappa shape index (κ3) is 4.31. The molecule has 21 heavy (non-hydrogen) atoms. The van der Waals surface area contributed by atoms with Crippen LogP contribution in [0.5, 0.6) is 0 Å². The zero-order chi connectivity index (χ0) is 15.6. The van der Waals surface area contributed by atoms with E-state index >= 15 is 0 Å². The van der Waals surface area contributed by atoms with Gasteiger partial charge in [0.15, 0.2) is 0 Å². The van der Waals surface area contributed by atoms with Crippen molar-refractivity contribution in [2.45, 2.75) is 6.18 Å². The average Bonchev–Trinajstić information content (AvgIpc) is 2.37. The first-order valence-corrected chi connectivity index (χ1v) is 7.60. The molecule has 0 amide bonds. The number of nitrogens with two attached hydrogens (primary N) is 1. The highest BCUT2D eigenvalue weighted by atomic mass is 79.9. The second kappa shape index (κ2) is 6.50. The van der Waals surface area contributed by atoms with Crippen LogP contribution in [0.25, 0.3) is 0 Å². The topological polar surface area (TPSA) is 32.5 Å². The third-order valence-corrected chi connectivity index (χ3v) is 4.22. The molecule has 1 aromatic rings. The van der Waals surface area contributed by atoms with E-state index in [1.165, 1.54) is 4.90 Å². The van der Waals surface area contributed by atoms with Crippen LogP contribution < -0.4 is 10.6 Å². The van der Waals surface area contributed by atoms with Crippen molar-refractivity contribution in [2.24, 2.45) is 5.73 Å². The number of hydrogen-bond acceptors (Lipinski definition) is 3. The Balaban J connectivity index is 2.10. The fraction of sp³-hybridized carbons (Fsp3) is 0.462. The molecule has 2 N–H and O–H groups in total. The number of hydrogen-bond donors (Lipinski definition) is 1. The van der Waals surface area contributed by atoms with Gasteiger partial charge >= 0.3 is 6.18 Å². The molecule has 1 saturated heterocycles. The van der Waals surface area contributed by atoms with Gasteiger partial charge in [0.25, 0.3) is 0 Å². The summed E-state index contributed by atoms with van der Waals surface area (Å²) >= 11 is 8.48. The molecule has 1 aromatic carbocycles. The molecular weight excluding hydrogens is 367 g/mol. The predicted octanol–water partition coefficient (Wildman–Crippen LogP) is 2.77. The minimum absolute atomic E-state index is 0.273. The Morgan fingerprint density at radius 3 is 2.38 bits per heavy atom. The van der Waals surface area contributed by atoms with Crippen molar-refractivity contribution in [1.82, 2.24) is 4.90 Å². The molecule has 8 heteroatoms. The summed E-state index contributed by atoms with van der Waals surface area (Å²) in [5.41, 5.74) is 7.35. The summed E-state index contributed by atoms with van der Waals surface area (Å²) in [6, 6.07) is 5.60. The summed E-state index contributed by atoms with van der Waals surface area (Å²) in [5.74, 6) is 0. The molecule has 116 valence electrons. The number of benzene rings is 1. The number of halogens is 4. The van der Waals surface area contributed by atoms with Crippen LogP contribution in [-0.4, -0.2) is 48.8 Å². The van der Waals surface area contributed by atoms with E-state index in [4.69, 9.17) is 18.0 Å². The van der Waals surface area contributed by atoms with Crippen LogP contribution in [-0.2, 0) is 0 Å². The molecule has 1 heterocycles. The maximum Gasteiger partial charge on any atom is 0.401 e. The second-order valence-corrected chi connectivity index (χ2v) is 6.17. The molecule has 0 bridgehead atoms. The van der Waals surface area contributed by atoms with Crippen molar-refractivity contribution in [3.8, 4) is 0 Å². The smallest absolute Gasteiger partial charge is 0.389 e. The van der Waals surface area contributed by atoms with E-state index in [2.05, 4.69) is 15.9 Å². The van der Waals surface area contributed by atoms with Crippen LogP contribution in [0.2, 0.25) is 0 Å². The van der Waals surface area contributed by atoms with E-state index in [0.29, 0.717) is 26.2 Å². The summed E-state index contributed by atoms with van der Waals surface area (Å²) in [6.07, 6.45) is -4.15. The summed E-state index contributed by atoms with van der Waals surface area (Å²) in [7, 11) is 0. The predicted molar refractivity (Wildman–Crippen MR) is 84.7 cm³/mol. The molecule has 1 aliphatic rings. The van der Waals surface area contributed by atoms with E-state index in [1.807, 2.05) is 23.1 Å². The van der Waals surface area contributed by atoms with Crippen LogP contribution in [0.15, 0.2) is 22.7 Å². The van der Waals surface area contributed by atoms with Gasteiger partial charge in [0.1, 0.15) is 4.99 Å². The van der Waals surface area contributed by atoms with Crippen molar-refractivity contribution in [3.63, 3.8) is 0 Å². The van der Waals surface area contributed by atoms with Gasteiger partial charge in [-0.15, -0.1) is 0 Å². The molecule has 0 aliphatic carbocycles. The third-order valence-electron chi connectivity index (χ3n) is 3.35. The first-order valence-electron chi connectivity index (χ1n) is 6.40. The zero-order valence-electron chi connectivity index (χ0n) is 11.2. The van der Waals surface area contributed by atoms with Gasteiger partial charge < -0.3 is 10.6 Å². The van der Waals surface area contributed by atoms with Gasteiger partial charge in [0.2, 0.25) is 0 Å². The number of anilines is 1. The number of thiocarbonyl (C=S) groups is 1. The second-order valence-electron chi connectivity index (χ2n) is 4.88. The van der Waals surface area contributed by atoms with Gasteiger partial charge in [-0.25, -0.2) is 0 Å². The lowest BCUT2D eigenvalue weighted by Gasteiger charge is -2.37. The maximum absolute atomic E-state index is 12.4. The molecule has 0 atom stereocenters. The van der Waals surface area contributed by atoms with Gasteiger partial charge in [-0.1, -0.05) is 18.3 Å².